The molecule has 1 heterocycles. The Kier molecular flexibility index (Phi) is 6.72. The van der Waals surface area contributed by atoms with Crippen LogP contribution in [0, 0.1) is 11.6 Å². The fourth-order valence-corrected chi connectivity index (χ4v) is 4.56. The molecular formula is C18H11ClF5N3O3S2. The lowest BCUT2D eigenvalue weighted by Crippen LogP contribution is -2.24. The minimum Gasteiger partial charge on any atom is -0.348 e. The molecule has 0 bridgehead atoms. The van der Waals surface area contributed by atoms with Crippen molar-refractivity contribution >= 4 is 44.0 Å². The largest absolute Gasteiger partial charge is 0.419 e. The minimum absolute atomic E-state index is 0.00904. The number of alkyl halides is 3. The number of nitrogens with one attached hydrogen (secondary N) is 2. The van der Waals surface area contributed by atoms with Crippen LogP contribution in [-0.2, 0) is 22.7 Å². The van der Waals surface area contributed by atoms with Crippen LogP contribution in [-0.4, -0.2) is 19.3 Å². The Balaban J connectivity index is 1.71. The van der Waals surface area contributed by atoms with Crippen LogP contribution < -0.4 is 10.0 Å². The van der Waals surface area contributed by atoms with Gasteiger partial charge in [0.25, 0.3) is 15.9 Å². The van der Waals surface area contributed by atoms with Crippen LogP contribution in [0.25, 0.3) is 0 Å². The number of halogens is 6. The van der Waals surface area contributed by atoms with E-state index in [0.29, 0.717) is 18.2 Å². The third-order valence-corrected chi connectivity index (χ3v) is 6.48. The summed E-state index contributed by atoms with van der Waals surface area (Å²) in [5, 5.41) is 2.19. The van der Waals surface area contributed by atoms with E-state index in [9.17, 15) is 35.2 Å². The van der Waals surface area contributed by atoms with E-state index in [1.165, 1.54) is 6.20 Å². The van der Waals surface area contributed by atoms with Crippen molar-refractivity contribution in [1.29, 1.82) is 0 Å². The first-order valence-corrected chi connectivity index (χ1v) is 11.1. The first-order chi connectivity index (χ1) is 14.9. The van der Waals surface area contributed by atoms with E-state index in [1.54, 1.807) is 0 Å². The van der Waals surface area contributed by atoms with Gasteiger partial charge in [-0.05, 0) is 35.9 Å². The molecule has 0 aliphatic carbocycles. The SMILES string of the molecule is O=C(NCc1ccc(C(F)(F)F)c(F)c1)c1ccc(S(=O)(=O)Nc2ncc(Cl)s2)cc1F. The lowest BCUT2D eigenvalue weighted by atomic mass is 10.1. The van der Waals surface area contributed by atoms with E-state index in [0.717, 1.165) is 29.5 Å². The quantitative estimate of drug-likeness (QED) is 0.464. The van der Waals surface area contributed by atoms with Crippen molar-refractivity contribution < 1.29 is 35.2 Å². The van der Waals surface area contributed by atoms with E-state index < -0.39 is 49.8 Å². The third-order valence-electron chi connectivity index (χ3n) is 3.99. The molecule has 32 heavy (non-hydrogen) atoms. The summed E-state index contributed by atoms with van der Waals surface area (Å²) in [7, 11) is -4.21. The van der Waals surface area contributed by atoms with Gasteiger partial charge in [0.15, 0.2) is 5.13 Å². The molecule has 1 aromatic heterocycles. The van der Waals surface area contributed by atoms with Gasteiger partial charge in [-0.25, -0.2) is 22.2 Å². The fourth-order valence-electron chi connectivity index (χ4n) is 2.50. The van der Waals surface area contributed by atoms with E-state index in [4.69, 9.17) is 11.6 Å². The summed E-state index contributed by atoms with van der Waals surface area (Å²) < 4.78 is 92.7. The Bertz CT molecular complexity index is 1280. The highest BCUT2D eigenvalue weighted by Gasteiger charge is 2.33. The number of rotatable bonds is 6. The van der Waals surface area contributed by atoms with Crippen LogP contribution in [0.4, 0.5) is 27.1 Å². The van der Waals surface area contributed by atoms with Gasteiger partial charge >= 0.3 is 6.18 Å². The summed E-state index contributed by atoms with van der Waals surface area (Å²) in [5.41, 5.74) is -1.97. The van der Waals surface area contributed by atoms with Gasteiger partial charge in [0.1, 0.15) is 16.0 Å². The highest BCUT2D eigenvalue weighted by Crippen LogP contribution is 2.31. The van der Waals surface area contributed by atoms with Crippen molar-refractivity contribution in [2.24, 2.45) is 0 Å². The number of nitrogens with zero attached hydrogens (tertiary/aromatic N) is 1. The maximum atomic E-state index is 14.4. The zero-order valence-electron chi connectivity index (χ0n) is 15.5. The number of hydrogen-bond donors (Lipinski definition) is 2. The molecule has 0 unspecified atom stereocenters. The zero-order chi connectivity index (χ0) is 23.7. The molecule has 3 aromatic rings. The summed E-state index contributed by atoms with van der Waals surface area (Å²) >= 11 is 6.52. The number of hydrogen-bond acceptors (Lipinski definition) is 5. The summed E-state index contributed by atoms with van der Waals surface area (Å²) in [6, 6.07) is 4.61. The van der Waals surface area contributed by atoms with Crippen LogP contribution in [0.2, 0.25) is 4.34 Å². The van der Waals surface area contributed by atoms with E-state index in [2.05, 4.69) is 15.0 Å². The molecule has 6 nitrogen and oxygen atoms in total. The maximum Gasteiger partial charge on any atom is 0.419 e. The predicted molar refractivity (Wildman–Crippen MR) is 107 cm³/mol. The molecule has 0 aliphatic heterocycles. The highest BCUT2D eigenvalue weighted by atomic mass is 35.5. The zero-order valence-corrected chi connectivity index (χ0v) is 17.9. The number of sulfonamides is 1. The summed E-state index contributed by atoms with van der Waals surface area (Å²) in [4.78, 5) is 15.4. The van der Waals surface area contributed by atoms with Crippen molar-refractivity contribution in [1.82, 2.24) is 10.3 Å². The third kappa shape index (κ3) is 5.53. The van der Waals surface area contributed by atoms with Gasteiger partial charge in [-0.1, -0.05) is 29.0 Å². The van der Waals surface area contributed by atoms with Crippen molar-refractivity contribution in [3.63, 3.8) is 0 Å². The monoisotopic (exact) mass is 511 g/mol. The van der Waals surface area contributed by atoms with Gasteiger partial charge in [-0.3, -0.25) is 9.52 Å². The minimum atomic E-state index is -4.86. The molecule has 0 saturated carbocycles. The molecule has 14 heteroatoms. The topological polar surface area (TPSA) is 88.2 Å². The standard InChI is InChI=1S/C18H11ClF5N3O3S2/c19-15-8-26-17(31-15)27-32(29,30)10-2-3-11(13(20)6-10)16(28)25-7-9-1-4-12(14(21)5-9)18(22,23)24/h1-6,8H,7H2,(H,25,28)(H,26,27). The summed E-state index contributed by atoms with van der Waals surface area (Å²) in [6.07, 6.45) is -3.64. The lowest BCUT2D eigenvalue weighted by Gasteiger charge is -2.11. The molecule has 0 spiro atoms. The van der Waals surface area contributed by atoms with Gasteiger partial charge in [-0.15, -0.1) is 0 Å². The van der Waals surface area contributed by atoms with Crippen LogP contribution in [0.15, 0.2) is 47.5 Å². The molecular weight excluding hydrogens is 501 g/mol. The molecule has 0 saturated heterocycles. The van der Waals surface area contributed by atoms with Gasteiger partial charge in [0.2, 0.25) is 0 Å². The molecule has 1 amide bonds. The smallest absolute Gasteiger partial charge is 0.348 e. The molecule has 0 atom stereocenters. The Hall–Kier alpha value is -2.77. The summed E-state index contributed by atoms with van der Waals surface area (Å²) in [6.45, 7) is -0.389. The van der Waals surface area contributed by atoms with Crippen molar-refractivity contribution in [2.75, 3.05) is 4.72 Å². The highest BCUT2D eigenvalue weighted by molar-refractivity contribution is 7.93. The van der Waals surface area contributed by atoms with E-state index in [-0.39, 0.29) is 21.6 Å². The van der Waals surface area contributed by atoms with Crippen molar-refractivity contribution in [2.45, 2.75) is 17.6 Å². The Labute approximate surface area is 187 Å². The normalized spacial score (nSPS) is 11.9. The first kappa shape index (κ1) is 23.9. The number of carbonyl (C=O) groups excluding carboxylic acids is 1. The van der Waals surface area contributed by atoms with E-state index in [1.807, 2.05) is 0 Å². The molecule has 3 rings (SSSR count). The lowest BCUT2D eigenvalue weighted by molar-refractivity contribution is -0.140. The average molecular weight is 512 g/mol. The molecule has 170 valence electrons. The second-order valence-electron chi connectivity index (χ2n) is 6.21. The maximum absolute atomic E-state index is 14.4. The predicted octanol–water partition coefficient (Wildman–Crippen LogP) is 4.82. The number of thiazole rings is 1. The molecule has 0 aliphatic rings. The summed E-state index contributed by atoms with van der Waals surface area (Å²) in [5.74, 6) is -3.66. The first-order valence-electron chi connectivity index (χ1n) is 8.44. The second-order valence-corrected chi connectivity index (χ2v) is 9.56. The van der Waals surface area contributed by atoms with Crippen LogP contribution >= 0.6 is 22.9 Å². The number of amides is 1. The number of anilines is 1. The number of aromatic nitrogens is 1. The Morgan fingerprint density at radius 1 is 1.09 bits per heavy atom. The number of carbonyl (C=O) groups is 1. The number of benzene rings is 2. The molecule has 0 fully saturated rings. The Morgan fingerprint density at radius 3 is 2.38 bits per heavy atom. The second kappa shape index (κ2) is 9.00. The van der Waals surface area contributed by atoms with Gasteiger partial charge < -0.3 is 5.32 Å². The Morgan fingerprint density at radius 2 is 1.81 bits per heavy atom. The molecule has 0 radical (unpaired) electrons. The average Bonchev–Trinajstić information content (AvgIpc) is 3.09. The van der Waals surface area contributed by atoms with Gasteiger partial charge in [-0.2, -0.15) is 13.2 Å². The van der Waals surface area contributed by atoms with Gasteiger partial charge in [0, 0.05) is 6.54 Å². The van der Waals surface area contributed by atoms with Gasteiger partial charge in [0.05, 0.1) is 22.2 Å². The van der Waals surface area contributed by atoms with Crippen molar-refractivity contribution in [3.05, 3.63) is 75.3 Å². The van der Waals surface area contributed by atoms with E-state index >= 15 is 0 Å². The van der Waals surface area contributed by atoms with Crippen LogP contribution in [0.5, 0.6) is 0 Å². The molecule has 2 aromatic carbocycles. The fraction of sp³-hybridized carbons (Fsp3) is 0.111. The van der Waals surface area contributed by atoms with Crippen LogP contribution in [0.3, 0.4) is 0 Å². The molecule has 2 N–H and O–H groups in total. The van der Waals surface area contributed by atoms with Crippen molar-refractivity contribution in [3.8, 4) is 0 Å². The van der Waals surface area contributed by atoms with Crippen LogP contribution in [0.1, 0.15) is 21.5 Å².